The number of aliphatic hydroxyl groups excluding tert-OH is 1. The van der Waals surface area contributed by atoms with Gasteiger partial charge in [-0.1, -0.05) is 25.5 Å². The number of ketones is 1. The van der Waals surface area contributed by atoms with Crippen LogP contribution in [0.5, 0.6) is 0 Å². The maximum absolute atomic E-state index is 12.1. The molecule has 3 heteroatoms. The minimum atomic E-state index is -1.13. The van der Waals surface area contributed by atoms with Gasteiger partial charge in [-0.05, 0) is 38.7 Å². The Kier molecular flexibility index (Phi) is 3.03. The van der Waals surface area contributed by atoms with Crippen LogP contribution in [0.2, 0.25) is 0 Å². The molecule has 18 heavy (non-hydrogen) atoms. The van der Waals surface area contributed by atoms with Crippen LogP contribution in [0.15, 0.2) is 23.3 Å². The third-order valence-corrected chi connectivity index (χ3v) is 4.60. The molecule has 1 fully saturated rings. The molecule has 2 rings (SSSR count). The molecule has 0 heterocycles. The molecule has 0 aromatic rings. The first-order chi connectivity index (χ1) is 8.16. The van der Waals surface area contributed by atoms with Gasteiger partial charge in [0.05, 0.1) is 11.7 Å². The average molecular weight is 250 g/mol. The van der Waals surface area contributed by atoms with Gasteiger partial charge in [0.25, 0.3) is 0 Å². The summed E-state index contributed by atoms with van der Waals surface area (Å²) in [4.78, 5) is 12.1. The third-order valence-electron chi connectivity index (χ3n) is 4.60. The van der Waals surface area contributed by atoms with Crippen LogP contribution in [0.1, 0.15) is 40.5 Å². The van der Waals surface area contributed by atoms with E-state index in [1.807, 2.05) is 19.9 Å². The molecule has 0 aliphatic heterocycles. The minimum Gasteiger partial charge on any atom is -0.393 e. The maximum atomic E-state index is 12.1. The molecule has 0 saturated heterocycles. The maximum Gasteiger partial charge on any atom is 0.184 e. The van der Waals surface area contributed by atoms with Crippen LogP contribution in [0.4, 0.5) is 0 Å². The number of carbonyl (C=O) groups is 1. The summed E-state index contributed by atoms with van der Waals surface area (Å²) in [5.41, 5.74) is 0.0681. The first-order valence-corrected chi connectivity index (χ1v) is 6.55. The fraction of sp³-hybridized carbons (Fsp3) is 0.667. The van der Waals surface area contributed by atoms with Gasteiger partial charge < -0.3 is 10.2 Å². The zero-order chi connectivity index (χ0) is 13.7. The van der Waals surface area contributed by atoms with Crippen molar-refractivity contribution < 1.29 is 15.0 Å². The second-order valence-electron chi connectivity index (χ2n) is 6.33. The molecule has 2 aliphatic carbocycles. The van der Waals surface area contributed by atoms with Crippen molar-refractivity contribution in [3.05, 3.63) is 23.3 Å². The van der Waals surface area contributed by atoms with Crippen molar-refractivity contribution >= 4 is 5.78 Å². The highest BCUT2D eigenvalue weighted by atomic mass is 16.3. The smallest absolute Gasteiger partial charge is 0.184 e. The van der Waals surface area contributed by atoms with E-state index in [0.717, 1.165) is 12.0 Å². The summed E-state index contributed by atoms with van der Waals surface area (Å²) in [5, 5.41) is 20.1. The van der Waals surface area contributed by atoms with Crippen molar-refractivity contribution in [2.45, 2.75) is 52.2 Å². The van der Waals surface area contributed by atoms with Crippen LogP contribution >= 0.6 is 0 Å². The van der Waals surface area contributed by atoms with E-state index in [1.54, 1.807) is 19.9 Å². The molecule has 0 bridgehead atoms. The van der Waals surface area contributed by atoms with Gasteiger partial charge in [-0.2, -0.15) is 0 Å². The van der Waals surface area contributed by atoms with Crippen LogP contribution in [0.25, 0.3) is 0 Å². The highest BCUT2D eigenvalue weighted by Gasteiger charge is 2.45. The van der Waals surface area contributed by atoms with E-state index in [0.29, 0.717) is 12.0 Å². The molecule has 2 aliphatic rings. The largest absolute Gasteiger partial charge is 0.393 e. The van der Waals surface area contributed by atoms with Gasteiger partial charge >= 0.3 is 0 Å². The number of rotatable bonds is 1. The summed E-state index contributed by atoms with van der Waals surface area (Å²) >= 11 is 0. The molecule has 2 N–H and O–H groups in total. The number of fused-ring (bicyclic) bond motifs is 1. The molecular weight excluding hydrogens is 228 g/mol. The van der Waals surface area contributed by atoms with E-state index < -0.39 is 5.60 Å². The molecule has 0 unspecified atom stereocenters. The Hall–Kier alpha value is -0.930. The van der Waals surface area contributed by atoms with Crippen molar-refractivity contribution in [3.8, 4) is 0 Å². The Morgan fingerprint density at radius 1 is 1.44 bits per heavy atom. The zero-order valence-corrected chi connectivity index (χ0v) is 11.5. The van der Waals surface area contributed by atoms with Gasteiger partial charge in [0, 0.05) is 11.0 Å². The van der Waals surface area contributed by atoms with Crippen LogP contribution in [-0.2, 0) is 4.79 Å². The molecule has 0 radical (unpaired) electrons. The highest BCUT2D eigenvalue weighted by Crippen LogP contribution is 2.49. The van der Waals surface area contributed by atoms with Gasteiger partial charge in [-0.15, -0.1) is 0 Å². The number of allylic oxidation sites excluding steroid dienone is 3. The van der Waals surface area contributed by atoms with E-state index in [9.17, 15) is 15.0 Å². The summed E-state index contributed by atoms with van der Waals surface area (Å²) < 4.78 is 0. The average Bonchev–Trinajstić information content (AvgIpc) is 2.25. The van der Waals surface area contributed by atoms with E-state index in [2.05, 4.69) is 0 Å². The Morgan fingerprint density at radius 3 is 2.61 bits per heavy atom. The van der Waals surface area contributed by atoms with E-state index in [4.69, 9.17) is 0 Å². The fourth-order valence-corrected chi connectivity index (χ4v) is 3.05. The third kappa shape index (κ3) is 1.95. The van der Waals surface area contributed by atoms with Crippen molar-refractivity contribution in [2.75, 3.05) is 0 Å². The molecule has 3 atom stereocenters. The van der Waals surface area contributed by atoms with Gasteiger partial charge in [0.15, 0.2) is 5.78 Å². The van der Waals surface area contributed by atoms with Gasteiger partial charge in [-0.25, -0.2) is 0 Å². The standard InChI is InChI=1S/C15H22O3/c1-9-12(16)6-5-10-7-13(17)11(14(2,3)18)8-15(9,10)4/h7-9,12,16,18H,5-6H2,1-4H3/t9-,12+,15+/m0/s1. The summed E-state index contributed by atoms with van der Waals surface area (Å²) in [7, 11) is 0. The Balaban J connectivity index is 2.49. The van der Waals surface area contributed by atoms with Crippen molar-refractivity contribution in [3.63, 3.8) is 0 Å². The Labute approximate surface area is 108 Å². The minimum absolute atomic E-state index is 0.0583. The topological polar surface area (TPSA) is 57.5 Å². The lowest BCUT2D eigenvalue weighted by Gasteiger charge is -2.45. The van der Waals surface area contributed by atoms with Gasteiger partial charge in [-0.3, -0.25) is 4.79 Å². The summed E-state index contributed by atoms with van der Waals surface area (Å²) in [6, 6.07) is 0. The number of hydrogen-bond acceptors (Lipinski definition) is 3. The Morgan fingerprint density at radius 2 is 2.06 bits per heavy atom. The van der Waals surface area contributed by atoms with Crippen LogP contribution < -0.4 is 0 Å². The molecule has 0 aromatic heterocycles. The molecule has 100 valence electrons. The van der Waals surface area contributed by atoms with E-state index in [-0.39, 0.29) is 23.2 Å². The molecule has 3 nitrogen and oxygen atoms in total. The fourth-order valence-electron chi connectivity index (χ4n) is 3.05. The predicted molar refractivity (Wildman–Crippen MR) is 70.0 cm³/mol. The lowest BCUT2D eigenvalue weighted by Crippen LogP contribution is -2.43. The molecule has 0 spiro atoms. The van der Waals surface area contributed by atoms with Gasteiger partial charge in [0.1, 0.15) is 0 Å². The number of carbonyl (C=O) groups excluding carboxylic acids is 1. The summed E-state index contributed by atoms with van der Waals surface area (Å²) in [6.45, 7) is 7.31. The predicted octanol–water partition coefficient (Wildman–Crippen LogP) is 1.99. The molecule has 1 saturated carbocycles. The van der Waals surface area contributed by atoms with Gasteiger partial charge in [0.2, 0.25) is 0 Å². The lowest BCUT2D eigenvalue weighted by atomic mass is 9.60. The molecular formula is C15H22O3. The first-order valence-electron chi connectivity index (χ1n) is 6.55. The van der Waals surface area contributed by atoms with Crippen LogP contribution in [-0.4, -0.2) is 27.7 Å². The van der Waals surface area contributed by atoms with Crippen molar-refractivity contribution in [1.82, 2.24) is 0 Å². The Bertz CT molecular complexity index is 439. The number of aliphatic hydroxyl groups is 2. The molecule has 0 aromatic carbocycles. The second-order valence-corrected chi connectivity index (χ2v) is 6.33. The molecule has 0 amide bonds. The number of hydrogen-bond donors (Lipinski definition) is 2. The highest BCUT2D eigenvalue weighted by molar-refractivity contribution is 6.07. The first kappa shape index (κ1) is 13.5. The monoisotopic (exact) mass is 250 g/mol. The quantitative estimate of drug-likeness (QED) is 0.748. The normalized spacial score (nSPS) is 36.9. The van der Waals surface area contributed by atoms with E-state index >= 15 is 0 Å². The van der Waals surface area contributed by atoms with Crippen LogP contribution in [0, 0.1) is 11.3 Å². The van der Waals surface area contributed by atoms with Crippen molar-refractivity contribution in [2.24, 2.45) is 11.3 Å². The SMILES string of the molecule is C[C@H]1[C@H](O)CCC2=CC(=O)C(C(C)(C)O)=C[C@@]21C. The van der Waals surface area contributed by atoms with Crippen molar-refractivity contribution in [1.29, 1.82) is 0 Å². The second kappa shape index (κ2) is 4.04. The lowest BCUT2D eigenvalue weighted by molar-refractivity contribution is -0.113. The summed E-state index contributed by atoms with van der Waals surface area (Å²) in [6.07, 6.45) is 4.65. The van der Waals surface area contributed by atoms with E-state index in [1.165, 1.54) is 0 Å². The summed E-state index contributed by atoms with van der Waals surface area (Å²) in [5.74, 6) is -0.0403. The van der Waals surface area contributed by atoms with Crippen LogP contribution in [0.3, 0.4) is 0 Å². The zero-order valence-electron chi connectivity index (χ0n) is 11.5.